The van der Waals surface area contributed by atoms with Crippen molar-refractivity contribution in [2.24, 2.45) is 0 Å². The molecular weight excluding hydrogens is 272 g/mol. The summed E-state index contributed by atoms with van der Waals surface area (Å²) in [7, 11) is 3.48. The highest BCUT2D eigenvalue weighted by atomic mass is 16.6. The second-order valence-corrected chi connectivity index (χ2v) is 5.24. The van der Waals surface area contributed by atoms with Crippen molar-refractivity contribution in [3.63, 3.8) is 0 Å². The van der Waals surface area contributed by atoms with Gasteiger partial charge in [0, 0.05) is 39.8 Å². The number of rotatable bonds is 4. The lowest BCUT2D eigenvalue weighted by Gasteiger charge is -2.19. The number of nitro benzene ring substituents is 1. The van der Waals surface area contributed by atoms with Crippen LogP contribution in [-0.2, 0) is 11.3 Å². The number of benzene rings is 1. The highest BCUT2D eigenvalue weighted by molar-refractivity contribution is 5.78. The molecule has 1 aromatic carbocycles. The second kappa shape index (κ2) is 6.53. The fraction of sp³-hybridized carbons (Fsp3) is 0.500. The van der Waals surface area contributed by atoms with Gasteiger partial charge in [0.25, 0.3) is 5.69 Å². The first-order valence-electron chi connectivity index (χ1n) is 6.92. The van der Waals surface area contributed by atoms with Gasteiger partial charge in [0.1, 0.15) is 5.69 Å². The number of carbonyl (C=O) groups excluding carboxylic acids is 1. The van der Waals surface area contributed by atoms with Crippen molar-refractivity contribution in [3.05, 3.63) is 33.9 Å². The lowest BCUT2D eigenvalue weighted by atomic mass is 10.1. The second-order valence-electron chi connectivity index (χ2n) is 5.24. The van der Waals surface area contributed by atoms with E-state index in [0.29, 0.717) is 18.8 Å². The molecule has 1 N–H and O–H groups in total. The van der Waals surface area contributed by atoms with E-state index in [-0.39, 0.29) is 11.6 Å². The topological polar surface area (TPSA) is 78.7 Å². The maximum absolute atomic E-state index is 11.9. The van der Waals surface area contributed by atoms with Crippen molar-refractivity contribution in [2.45, 2.75) is 13.0 Å². The van der Waals surface area contributed by atoms with Crippen LogP contribution in [0.5, 0.6) is 0 Å². The number of nitro groups is 1. The molecule has 0 aliphatic carbocycles. The average Bonchev–Trinajstić information content (AvgIpc) is 2.60. The van der Waals surface area contributed by atoms with Crippen molar-refractivity contribution in [2.75, 3.05) is 39.0 Å². The van der Waals surface area contributed by atoms with E-state index in [9.17, 15) is 14.9 Å². The fourth-order valence-electron chi connectivity index (χ4n) is 2.48. The minimum absolute atomic E-state index is 0.0629. The molecule has 0 unspecified atom stereocenters. The maximum atomic E-state index is 11.9. The summed E-state index contributed by atoms with van der Waals surface area (Å²) in [5, 5.41) is 13.8. The lowest BCUT2D eigenvalue weighted by molar-refractivity contribution is -0.384. The monoisotopic (exact) mass is 292 g/mol. The Balaban J connectivity index is 2.12. The SMILES string of the molecule is CNc1cc(CN2CCCN(C)C(=O)C2)ccc1[N+](=O)[O-]. The van der Waals surface area contributed by atoms with Gasteiger partial charge in [0.2, 0.25) is 5.91 Å². The van der Waals surface area contributed by atoms with Crippen LogP contribution in [0.3, 0.4) is 0 Å². The summed E-state index contributed by atoms with van der Waals surface area (Å²) in [6.45, 7) is 2.63. The van der Waals surface area contributed by atoms with Gasteiger partial charge < -0.3 is 10.2 Å². The molecule has 2 rings (SSSR count). The maximum Gasteiger partial charge on any atom is 0.292 e. The first kappa shape index (κ1) is 15.2. The van der Waals surface area contributed by atoms with Crippen LogP contribution in [0.25, 0.3) is 0 Å². The Morgan fingerprint density at radius 2 is 2.14 bits per heavy atom. The largest absolute Gasteiger partial charge is 0.383 e. The van der Waals surface area contributed by atoms with E-state index >= 15 is 0 Å². The molecule has 21 heavy (non-hydrogen) atoms. The Kier molecular flexibility index (Phi) is 4.74. The van der Waals surface area contributed by atoms with Crippen LogP contribution >= 0.6 is 0 Å². The normalized spacial score (nSPS) is 16.7. The van der Waals surface area contributed by atoms with Crippen LogP contribution in [-0.4, -0.2) is 54.4 Å². The summed E-state index contributed by atoms with van der Waals surface area (Å²) >= 11 is 0. The Bertz CT molecular complexity index is 547. The van der Waals surface area contributed by atoms with Gasteiger partial charge in [-0.05, 0) is 18.1 Å². The summed E-state index contributed by atoms with van der Waals surface area (Å²) in [5.74, 6) is 0.114. The number of carbonyl (C=O) groups is 1. The quantitative estimate of drug-likeness (QED) is 0.668. The molecule has 1 heterocycles. The first-order valence-corrected chi connectivity index (χ1v) is 6.92. The van der Waals surface area contributed by atoms with Crippen molar-refractivity contribution < 1.29 is 9.72 Å². The summed E-state index contributed by atoms with van der Waals surface area (Å²) in [6, 6.07) is 5.03. The molecule has 0 aromatic heterocycles. The van der Waals surface area contributed by atoms with Gasteiger partial charge in [-0.1, -0.05) is 6.07 Å². The Morgan fingerprint density at radius 3 is 2.81 bits per heavy atom. The van der Waals surface area contributed by atoms with Crippen LogP contribution in [0.2, 0.25) is 0 Å². The van der Waals surface area contributed by atoms with Crippen LogP contribution in [0, 0.1) is 10.1 Å². The Morgan fingerprint density at radius 1 is 1.38 bits per heavy atom. The Labute approximate surface area is 123 Å². The van der Waals surface area contributed by atoms with Crippen LogP contribution in [0.1, 0.15) is 12.0 Å². The van der Waals surface area contributed by atoms with E-state index in [2.05, 4.69) is 10.2 Å². The molecular formula is C14H20N4O3. The van der Waals surface area contributed by atoms with Crippen molar-refractivity contribution in [1.82, 2.24) is 9.80 Å². The minimum atomic E-state index is -0.403. The molecule has 1 aliphatic heterocycles. The third-order valence-electron chi connectivity index (χ3n) is 3.69. The molecule has 1 saturated heterocycles. The van der Waals surface area contributed by atoms with Crippen LogP contribution in [0.15, 0.2) is 18.2 Å². The molecule has 0 saturated carbocycles. The predicted octanol–water partition coefficient (Wildman–Crippen LogP) is 1.30. The highest BCUT2D eigenvalue weighted by Gasteiger charge is 2.20. The molecule has 1 amide bonds. The molecule has 0 bridgehead atoms. The van der Waals surface area contributed by atoms with E-state index in [0.717, 1.165) is 25.1 Å². The molecule has 1 aliphatic rings. The summed E-state index contributed by atoms with van der Waals surface area (Å²) in [6.07, 6.45) is 0.939. The predicted molar refractivity (Wildman–Crippen MR) is 80.2 cm³/mol. The van der Waals surface area contributed by atoms with E-state index in [1.54, 1.807) is 24.1 Å². The summed E-state index contributed by atoms with van der Waals surface area (Å²) in [5.41, 5.74) is 1.52. The average molecular weight is 292 g/mol. The molecule has 7 heteroatoms. The van der Waals surface area contributed by atoms with Crippen molar-refractivity contribution in [1.29, 1.82) is 0 Å². The zero-order valence-electron chi connectivity index (χ0n) is 12.3. The van der Waals surface area contributed by atoms with Gasteiger partial charge in [-0.3, -0.25) is 19.8 Å². The van der Waals surface area contributed by atoms with Crippen molar-refractivity contribution >= 4 is 17.3 Å². The molecule has 1 aromatic rings. The van der Waals surface area contributed by atoms with E-state index in [1.165, 1.54) is 6.07 Å². The molecule has 0 spiro atoms. The Hall–Kier alpha value is -2.15. The van der Waals surface area contributed by atoms with Gasteiger partial charge in [0.05, 0.1) is 11.5 Å². The number of anilines is 1. The third kappa shape index (κ3) is 3.69. The number of amides is 1. The molecule has 0 atom stereocenters. The van der Waals surface area contributed by atoms with Crippen LogP contribution < -0.4 is 5.32 Å². The third-order valence-corrected chi connectivity index (χ3v) is 3.69. The van der Waals surface area contributed by atoms with Gasteiger partial charge in [-0.25, -0.2) is 0 Å². The van der Waals surface area contributed by atoms with Gasteiger partial charge in [-0.15, -0.1) is 0 Å². The van der Waals surface area contributed by atoms with Crippen LogP contribution in [0.4, 0.5) is 11.4 Å². The number of hydrogen-bond acceptors (Lipinski definition) is 5. The first-order chi connectivity index (χ1) is 10.0. The molecule has 7 nitrogen and oxygen atoms in total. The van der Waals surface area contributed by atoms with Gasteiger partial charge in [0.15, 0.2) is 0 Å². The number of likely N-dealkylation sites (N-methyl/N-ethyl adjacent to an activating group) is 1. The summed E-state index contributed by atoms with van der Waals surface area (Å²) < 4.78 is 0. The highest BCUT2D eigenvalue weighted by Crippen LogP contribution is 2.25. The summed E-state index contributed by atoms with van der Waals surface area (Å²) in [4.78, 5) is 26.2. The van der Waals surface area contributed by atoms with Crippen molar-refractivity contribution in [3.8, 4) is 0 Å². The number of nitrogens with zero attached hydrogens (tertiary/aromatic N) is 3. The molecule has 114 valence electrons. The zero-order valence-corrected chi connectivity index (χ0v) is 12.3. The number of hydrogen-bond donors (Lipinski definition) is 1. The van der Waals surface area contributed by atoms with Gasteiger partial charge in [-0.2, -0.15) is 0 Å². The standard InChI is InChI=1S/C14H20N4O3/c1-15-12-8-11(4-5-13(12)18(20)21)9-17-7-3-6-16(2)14(19)10-17/h4-5,8,15H,3,6-7,9-10H2,1-2H3. The zero-order chi connectivity index (χ0) is 15.4. The minimum Gasteiger partial charge on any atom is -0.383 e. The van der Waals surface area contributed by atoms with Gasteiger partial charge >= 0.3 is 0 Å². The number of nitrogens with one attached hydrogen (secondary N) is 1. The smallest absolute Gasteiger partial charge is 0.292 e. The molecule has 0 radical (unpaired) electrons. The van der Waals surface area contributed by atoms with E-state index in [1.807, 2.05) is 7.05 Å². The van der Waals surface area contributed by atoms with E-state index in [4.69, 9.17) is 0 Å². The fourth-order valence-corrected chi connectivity index (χ4v) is 2.48. The lowest BCUT2D eigenvalue weighted by Crippen LogP contribution is -2.34. The van der Waals surface area contributed by atoms with E-state index < -0.39 is 4.92 Å². The molecule has 1 fully saturated rings.